The molecule has 98 valence electrons. The Bertz CT molecular complexity index is 487. The van der Waals surface area contributed by atoms with E-state index in [1.807, 2.05) is 0 Å². The number of rotatable bonds is 4. The Morgan fingerprint density at radius 1 is 1.05 bits per heavy atom. The van der Waals surface area contributed by atoms with Gasteiger partial charge < -0.3 is 0 Å². The summed E-state index contributed by atoms with van der Waals surface area (Å²) in [6.07, 6.45) is 17.3. The van der Waals surface area contributed by atoms with Crippen LogP contribution in [0, 0.1) is 11.8 Å². The lowest BCUT2D eigenvalue weighted by atomic mass is 9.92. The van der Waals surface area contributed by atoms with Crippen molar-refractivity contribution >= 4 is 17.7 Å². The van der Waals surface area contributed by atoms with E-state index in [0.717, 1.165) is 5.56 Å². The van der Waals surface area contributed by atoms with E-state index in [4.69, 9.17) is 11.6 Å². The zero-order chi connectivity index (χ0) is 13.5. The van der Waals surface area contributed by atoms with E-state index in [1.54, 1.807) is 0 Å². The average molecular weight is 271 g/mol. The highest BCUT2D eigenvalue weighted by Crippen LogP contribution is 2.19. The Hall–Kier alpha value is -1.53. The zero-order valence-corrected chi connectivity index (χ0v) is 11.9. The van der Waals surface area contributed by atoms with Gasteiger partial charge in [-0.1, -0.05) is 79.8 Å². The van der Waals surface area contributed by atoms with Crippen LogP contribution in [-0.4, -0.2) is 0 Å². The molecule has 0 bridgehead atoms. The van der Waals surface area contributed by atoms with E-state index in [1.165, 1.54) is 5.56 Å². The SMILES string of the molecule is CC(C=Cc1ccc(CCl)cc1)C1C=CC=CC=C1. The monoisotopic (exact) mass is 270 g/mol. The molecule has 0 N–H and O–H groups in total. The lowest BCUT2D eigenvalue weighted by Crippen LogP contribution is -2.02. The summed E-state index contributed by atoms with van der Waals surface area (Å²) in [5, 5.41) is 0. The molecule has 0 spiro atoms. The number of alkyl halides is 1. The van der Waals surface area contributed by atoms with Gasteiger partial charge in [-0.15, -0.1) is 11.6 Å². The van der Waals surface area contributed by atoms with Crippen LogP contribution in [-0.2, 0) is 5.88 Å². The molecule has 1 atom stereocenters. The van der Waals surface area contributed by atoms with Gasteiger partial charge in [-0.3, -0.25) is 0 Å². The lowest BCUT2D eigenvalue weighted by molar-refractivity contribution is 0.615. The van der Waals surface area contributed by atoms with Crippen molar-refractivity contribution in [2.24, 2.45) is 11.8 Å². The van der Waals surface area contributed by atoms with E-state index in [-0.39, 0.29) is 0 Å². The topological polar surface area (TPSA) is 0 Å². The first kappa shape index (κ1) is 13.9. The molecule has 0 saturated heterocycles. The van der Waals surface area contributed by atoms with E-state index < -0.39 is 0 Å². The predicted molar refractivity (Wildman–Crippen MR) is 85.1 cm³/mol. The molecule has 0 heterocycles. The van der Waals surface area contributed by atoms with Gasteiger partial charge in [-0.05, 0) is 17.0 Å². The van der Waals surface area contributed by atoms with Crippen LogP contribution in [0.25, 0.3) is 6.08 Å². The van der Waals surface area contributed by atoms with Crippen LogP contribution in [0.4, 0.5) is 0 Å². The summed E-state index contributed by atoms with van der Waals surface area (Å²) in [5.41, 5.74) is 2.38. The second-order valence-corrected chi connectivity index (χ2v) is 5.09. The van der Waals surface area contributed by atoms with E-state index in [9.17, 15) is 0 Å². The third-order valence-electron chi connectivity index (χ3n) is 3.33. The van der Waals surface area contributed by atoms with Gasteiger partial charge in [-0.2, -0.15) is 0 Å². The van der Waals surface area contributed by atoms with Gasteiger partial charge in [0.2, 0.25) is 0 Å². The maximum atomic E-state index is 5.78. The van der Waals surface area contributed by atoms with Crippen LogP contribution in [0.5, 0.6) is 0 Å². The Kier molecular flexibility index (Phi) is 5.23. The van der Waals surface area contributed by atoms with Crippen molar-refractivity contribution in [1.82, 2.24) is 0 Å². The summed E-state index contributed by atoms with van der Waals surface area (Å²) in [6, 6.07) is 8.38. The average Bonchev–Trinajstić information content (AvgIpc) is 2.74. The Morgan fingerprint density at radius 3 is 2.26 bits per heavy atom. The van der Waals surface area contributed by atoms with E-state index in [2.05, 4.69) is 79.8 Å². The van der Waals surface area contributed by atoms with Crippen LogP contribution in [0.2, 0.25) is 0 Å². The Balaban J connectivity index is 2.00. The zero-order valence-electron chi connectivity index (χ0n) is 11.2. The second kappa shape index (κ2) is 7.16. The summed E-state index contributed by atoms with van der Waals surface area (Å²) in [7, 11) is 0. The molecular formula is C18H19Cl. The van der Waals surface area contributed by atoms with Crippen LogP contribution < -0.4 is 0 Å². The Labute approximate surface area is 120 Å². The van der Waals surface area contributed by atoms with E-state index in [0.29, 0.717) is 17.7 Å². The molecule has 1 aromatic rings. The molecule has 0 radical (unpaired) electrons. The second-order valence-electron chi connectivity index (χ2n) is 4.83. The van der Waals surface area contributed by atoms with Crippen molar-refractivity contribution in [3.05, 3.63) is 77.9 Å². The molecule has 1 aliphatic carbocycles. The van der Waals surface area contributed by atoms with Gasteiger partial charge in [0.05, 0.1) is 0 Å². The summed E-state index contributed by atoms with van der Waals surface area (Å²) < 4.78 is 0. The van der Waals surface area contributed by atoms with Gasteiger partial charge in [0.1, 0.15) is 0 Å². The maximum absolute atomic E-state index is 5.78. The number of benzene rings is 1. The van der Waals surface area contributed by atoms with Crippen LogP contribution in [0.15, 0.2) is 66.8 Å². The first-order chi connectivity index (χ1) is 9.29. The smallest absolute Gasteiger partial charge is 0.0474 e. The minimum absolute atomic E-state index is 0.466. The van der Waals surface area contributed by atoms with Crippen LogP contribution in [0.3, 0.4) is 0 Å². The highest BCUT2D eigenvalue weighted by Gasteiger charge is 2.08. The predicted octanol–water partition coefficient (Wildman–Crippen LogP) is 5.37. The van der Waals surface area contributed by atoms with E-state index >= 15 is 0 Å². The van der Waals surface area contributed by atoms with Crippen molar-refractivity contribution in [3.8, 4) is 0 Å². The minimum Gasteiger partial charge on any atom is -0.122 e. The molecule has 0 saturated carbocycles. The molecule has 0 aliphatic heterocycles. The maximum Gasteiger partial charge on any atom is 0.0474 e. The molecule has 0 nitrogen and oxygen atoms in total. The number of allylic oxidation sites excluding steroid dienone is 7. The first-order valence-electron chi connectivity index (χ1n) is 6.64. The first-order valence-corrected chi connectivity index (χ1v) is 7.18. The summed E-state index contributed by atoms with van der Waals surface area (Å²) in [4.78, 5) is 0. The largest absolute Gasteiger partial charge is 0.122 e. The van der Waals surface area contributed by atoms with Gasteiger partial charge in [0.15, 0.2) is 0 Å². The molecule has 19 heavy (non-hydrogen) atoms. The van der Waals surface area contributed by atoms with Gasteiger partial charge in [0, 0.05) is 11.8 Å². The third kappa shape index (κ3) is 4.25. The summed E-state index contributed by atoms with van der Waals surface area (Å²) >= 11 is 5.78. The molecule has 0 fully saturated rings. The number of hydrogen-bond donors (Lipinski definition) is 0. The molecule has 1 aromatic carbocycles. The molecule has 1 aliphatic rings. The van der Waals surface area contributed by atoms with Crippen molar-refractivity contribution in [1.29, 1.82) is 0 Å². The molecule has 1 unspecified atom stereocenters. The molecule has 0 amide bonds. The normalized spacial score (nSPS) is 16.9. The minimum atomic E-state index is 0.466. The van der Waals surface area contributed by atoms with Crippen molar-refractivity contribution in [3.63, 3.8) is 0 Å². The van der Waals surface area contributed by atoms with Crippen molar-refractivity contribution in [2.45, 2.75) is 12.8 Å². The molecule has 2 rings (SSSR count). The molecule has 0 aromatic heterocycles. The fourth-order valence-electron chi connectivity index (χ4n) is 2.04. The standard InChI is InChI=1S/C18H19Cl/c1-15(18-6-4-2-3-5-7-18)8-9-16-10-12-17(14-19)13-11-16/h2-13,15,18H,14H2,1H3. The molecule has 1 heteroatoms. The number of halogens is 1. The highest BCUT2D eigenvalue weighted by atomic mass is 35.5. The van der Waals surface area contributed by atoms with Gasteiger partial charge >= 0.3 is 0 Å². The quantitative estimate of drug-likeness (QED) is 0.645. The van der Waals surface area contributed by atoms with Gasteiger partial charge in [0.25, 0.3) is 0 Å². The fourth-order valence-corrected chi connectivity index (χ4v) is 2.22. The lowest BCUT2D eigenvalue weighted by Gasteiger charge is -2.12. The highest BCUT2D eigenvalue weighted by molar-refractivity contribution is 6.17. The molecular weight excluding hydrogens is 252 g/mol. The summed E-state index contributed by atoms with van der Waals surface area (Å²) in [6.45, 7) is 2.24. The third-order valence-corrected chi connectivity index (χ3v) is 3.64. The number of hydrogen-bond acceptors (Lipinski definition) is 0. The van der Waals surface area contributed by atoms with Crippen LogP contribution in [0.1, 0.15) is 18.1 Å². The van der Waals surface area contributed by atoms with Crippen LogP contribution >= 0.6 is 11.6 Å². The van der Waals surface area contributed by atoms with Gasteiger partial charge in [-0.25, -0.2) is 0 Å². The Morgan fingerprint density at radius 2 is 1.68 bits per heavy atom. The fraction of sp³-hybridized carbons (Fsp3) is 0.222. The summed E-state index contributed by atoms with van der Waals surface area (Å²) in [5.74, 6) is 1.53. The van der Waals surface area contributed by atoms with Crippen molar-refractivity contribution < 1.29 is 0 Å². The van der Waals surface area contributed by atoms with Crippen molar-refractivity contribution in [2.75, 3.05) is 0 Å².